The number of alkyl halides is 1. The van der Waals surface area contributed by atoms with Gasteiger partial charge in [-0.3, -0.25) is 4.79 Å². The van der Waals surface area contributed by atoms with Crippen molar-refractivity contribution in [2.45, 2.75) is 50.8 Å². The van der Waals surface area contributed by atoms with Crippen molar-refractivity contribution in [3.63, 3.8) is 0 Å². The van der Waals surface area contributed by atoms with E-state index < -0.39 is 73.7 Å². The Kier molecular flexibility index (Phi) is 15.8. The van der Waals surface area contributed by atoms with E-state index >= 15 is 0 Å². The zero-order valence-electron chi connectivity index (χ0n) is 30.6. The van der Waals surface area contributed by atoms with Crippen LogP contribution in [-0.2, 0) is 51.3 Å². The highest BCUT2D eigenvalue weighted by molar-refractivity contribution is 7.99. The first kappa shape index (κ1) is 49.3. The van der Waals surface area contributed by atoms with Crippen molar-refractivity contribution in [3.05, 3.63) is 70.7 Å². The summed E-state index contributed by atoms with van der Waals surface area (Å²) in [4.78, 5) is 9.50. The lowest BCUT2D eigenvalue weighted by Gasteiger charge is -2.34. The molecule has 322 valence electrons. The second-order valence-corrected chi connectivity index (χ2v) is 21.9. The molecule has 58 heavy (non-hydrogen) atoms. The van der Waals surface area contributed by atoms with Crippen molar-refractivity contribution in [2.75, 3.05) is 42.1 Å². The normalized spacial score (nSPS) is 19.5. The Labute approximate surface area is 355 Å². The number of rotatable bonds is 10. The number of phenolic OH excluding ortho intramolecular Hbond substituents is 2. The number of hydrogen-bond donors (Lipinski definition) is 8. The topological polar surface area (TPSA) is 323 Å². The SMILES string of the molecule is C=CCSCC1Nc2cc(Cl)c(S(N)(=O)=O)cc2S(=O)(=O)N1C.CN1C(CCl)Nc2cc(Cl)c(S(N)(=O)=O)cc2S1(=O)=O.C[C@](N)(Cc1ccc(O)c(O)c1)C(=O)O. The number of fused-ring (bicyclic) bond motifs is 2. The van der Waals surface area contributed by atoms with E-state index in [2.05, 4.69) is 17.2 Å². The summed E-state index contributed by atoms with van der Waals surface area (Å²) in [7, 11) is -13.2. The van der Waals surface area contributed by atoms with Gasteiger partial charge in [-0.1, -0.05) is 35.3 Å². The molecule has 3 atom stereocenters. The van der Waals surface area contributed by atoms with E-state index in [0.717, 1.165) is 20.7 Å². The molecule has 2 heterocycles. The third-order valence-corrected chi connectivity index (χ3v) is 16.2. The Hall–Kier alpha value is -3.11. The average molecular weight is 969 g/mol. The van der Waals surface area contributed by atoms with Gasteiger partial charge in [0.15, 0.2) is 11.5 Å². The molecule has 2 aliphatic rings. The summed E-state index contributed by atoms with van der Waals surface area (Å²) in [6, 6.07) is 8.51. The average Bonchev–Trinajstić information content (AvgIpc) is 3.09. The number of phenols is 2. The van der Waals surface area contributed by atoms with Crippen molar-refractivity contribution in [1.29, 1.82) is 0 Å². The number of aromatic hydroxyl groups is 2. The highest BCUT2D eigenvalue weighted by atomic mass is 35.5. The Bertz CT molecular complexity index is 2530. The number of carbonyl (C=O) groups is 1. The molecule has 0 spiro atoms. The Morgan fingerprint density at radius 1 is 0.879 bits per heavy atom. The second-order valence-electron chi connectivity index (χ2n) is 12.7. The molecular weight excluding hydrogens is 929 g/mol. The van der Waals surface area contributed by atoms with E-state index in [1.807, 2.05) is 0 Å². The minimum atomic E-state index is -4.12. The van der Waals surface area contributed by atoms with Gasteiger partial charge in [-0.2, -0.15) is 20.4 Å². The summed E-state index contributed by atoms with van der Waals surface area (Å²) in [6.07, 6.45) is 0.681. The molecule has 0 saturated carbocycles. The van der Waals surface area contributed by atoms with Crippen LogP contribution in [-0.4, -0.2) is 113 Å². The first-order valence-electron chi connectivity index (χ1n) is 16.0. The molecule has 0 aliphatic carbocycles. The van der Waals surface area contributed by atoms with Gasteiger partial charge in [-0.05, 0) is 48.9 Å². The van der Waals surface area contributed by atoms with Crippen LogP contribution in [0.1, 0.15) is 12.5 Å². The minimum Gasteiger partial charge on any atom is -0.504 e. The van der Waals surface area contributed by atoms with Crippen molar-refractivity contribution >= 4 is 104 Å². The van der Waals surface area contributed by atoms with Gasteiger partial charge in [0.2, 0.25) is 40.1 Å². The maximum atomic E-state index is 12.6. The minimum absolute atomic E-state index is 0.0176. The molecule has 0 radical (unpaired) electrons. The van der Waals surface area contributed by atoms with Crippen LogP contribution in [0, 0.1) is 0 Å². The monoisotopic (exact) mass is 967 g/mol. The quantitative estimate of drug-likeness (QED) is 0.0626. The summed E-state index contributed by atoms with van der Waals surface area (Å²) in [5.41, 5.74) is 5.14. The van der Waals surface area contributed by atoms with Gasteiger partial charge < -0.3 is 31.7 Å². The van der Waals surface area contributed by atoms with E-state index in [4.69, 9.17) is 61.0 Å². The molecule has 0 amide bonds. The summed E-state index contributed by atoms with van der Waals surface area (Å²) < 4.78 is 97.9. The fourth-order valence-electron chi connectivity index (χ4n) is 5.07. The van der Waals surface area contributed by atoms with Crippen LogP contribution in [0.3, 0.4) is 0 Å². The van der Waals surface area contributed by atoms with Crippen molar-refractivity contribution in [1.82, 2.24) is 8.61 Å². The van der Waals surface area contributed by atoms with Crippen LogP contribution in [0.15, 0.2) is 74.7 Å². The van der Waals surface area contributed by atoms with Gasteiger partial charge in [0.25, 0.3) is 0 Å². The Balaban J connectivity index is 0.000000238. The first-order chi connectivity index (χ1) is 26.5. The molecule has 2 unspecified atom stereocenters. The predicted molar refractivity (Wildman–Crippen MR) is 222 cm³/mol. The summed E-state index contributed by atoms with van der Waals surface area (Å²) in [5.74, 6) is -0.444. The first-order valence-corrected chi connectivity index (χ1v) is 24.4. The molecule has 5 rings (SSSR count). The van der Waals surface area contributed by atoms with E-state index in [1.165, 1.54) is 63.1 Å². The van der Waals surface area contributed by atoms with Crippen LogP contribution >= 0.6 is 46.6 Å². The largest absolute Gasteiger partial charge is 0.504 e. The number of nitrogens with two attached hydrogens (primary N) is 3. The molecule has 0 saturated heterocycles. The number of aliphatic carboxylic acids is 1. The molecule has 0 aromatic heterocycles. The summed E-state index contributed by atoms with van der Waals surface area (Å²) in [6.45, 7) is 5.00. The predicted octanol–water partition coefficient (Wildman–Crippen LogP) is 2.32. The Morgan fingerprint density at radius 2 is 1.33 bits per heavy atom. The van der Waals surface area contributed by atoms with Gasteiger partial charge in [0.05, 0.1) is 27.3 Å². The molecular formula is C31H40Cl3N7O12S5. The summed E-state index contributed by atoms with van der Waals surface area (Å²) in [5, 5.41) is 42.7. The lowest BCUT2D eigenvalue weighted by Crippen LogP contribution is -2.47. The highest BCUT2D eigenvalue weighted by Crippen LogP contribution is 2.38. The number of benzene rings is 3. The van der Waals surface area contributed by atoms with Gasteiger partial charge in [-0.25, -0.2) is 43.9 Å². The molecule has 27 heteroatoms. The second kappa shape index (κ2) is 18.7. The maximum absolute atomic E-state index is 12.6. The maximum Gasteiger partial charge on any atom is 0.323 e. The smallest absolute Gasteiger partial charge is 0.323 e. The molecule has 11 N–H and O–H groups in total. The van der Waals surface area contributed by atoms with Gasteiger partial charge in [0, 0.05) is 32.0 Å². The van der Waals surface area contributed by atoms with E-state index in [1.54, 1.807) is 6.08 Å². The van der Waals surface area contributed by atoms with Crippen LogP contribution < -0.4 is 26.6 Å². The number of thioether (sulfide) groups is 1. The van der Waals surface area contributed by atoms with E-state index in [9.17, 15) is 43.6 Å². The number of hydrogen-bond acceptors (Lipinski definition) is 15. The Morgan fingerprint density at radius 3 is 1.72 bits per heavy atom. The lowest BCUT2D eigenvalue weighted by atomic mass is 9.94. The standard InChI is InChI=1S/C12H16ClN3O4S3.C10H13NO4.C9H11Cl2N3O4S2/c1-3-4-21-7-12-15-9-5-8(13)10(22(14,17)18)6-11(9)23(19,20)16(12)2;1-10(11,9(14)15)5-6-2-3-7(12)8(13)4-6;1-14-9(4-10)13-6-2-5(11)7(19(12,15)16)3-8(6)20(14,17)18/h3,5-6,12,15H,1,4,7H2,2H3,(H2,14,17,18);2-4,12-13H,5,11H2,1H3,(H,14,15);2-3,9,13H,4H2,1H3,(H2,12,15,16)/t;10-;/m.0./s1. The highest BCUT2D eigenvalue weighted by Gasteiger charge is 2.38. The fraction of sp³-hybridized carbons (Fsp3) is 0.323. The molecule has 0 fully saturated rings. The lowest BCUT2D eigenvalue weighted by molar-refractivity contribution is -0.142. The van der Waals surface area contributed by atoms with Crippen LogP contribution in [0.5, 0.6) is 11.5 Å². The van der Waals surface area contributed by atoms with E-state index in [0.29, 0.717) is 17.1 Å². The number of anilines is 2. The molecule has 0 bridgehead atoms. The molecule has 19 nitrogen and oxygen atoms in total. The molecule has 2 aliphatic heterocycles. The number of nitrogens with one attached hydrogen (secondary N) is 2. The van der Waals surface area contributed by atoms with Crippen LogP contribution in [0.2, 0.25) is 10.0 Å². The number of carboxylic acids is 1. The molecule has 3 aromatic carbocycles. The van der Waals surface area contributed by atoms with Crippen molar-refractivity contribution in [2.24, 2.45) is 16.0 Å². The molecule has 3 aromatic rings. The van der Waals surface area contributed by atoms with E-state index in [-0.39, 0.29) is 55.0 Å². The van der Waals surface area contributed by atoms with Gasteiger partial charge in [-0.15, -0.1) is 18.2 Å². The van der Waals surface area contributed by atoms with Crippen LogP contribution in [0.25, 0.3) is 0 Å². The van der Waals surface area contributed by atoms with Crippen molar-refractivity contribution < 1.29 is 53.8 Å². The number of sulfonamides is 4. The van der Waals surface area contributed by atoms with Crippen molar-refractivity contribution in [3.8, 4) is 11.5 Å². The van der Waals surface area contributed by atoms with Gasteiger partial charge in [0.1, 0.15) is 37.5 Å². The van der Waals surface area contributed by atoms with Gasteiger partial charge >= 0.3 is 5.97 Å². The number of nitrogens with zero attached hydrogens (tertiary/aromatic N) is 2. The number of carboxylic acid groups (broad SMARTS) is 1. The number of primary sulfonamides is 2. The number of halogens is 3. The van der Waals surface area contributed by atoms with Crippen LogP contribution in [0.4, 0.5) is 11.4 Å². The zero-order chi connectivity index (χ0) is 44.3. The fourth-order valence-corrected chi connectivity index (χ4v) is 11.6. The third-order valence-electron chi connectivity index (χ3n) is 8.27. The summed E-state index contributed by atoms with van der Waals surface area (Å²) >= 11 is 19.0. The third kappa shape index (κ3) is 11.4. The zero-order valence-corrected chi connectivity index (χ0v) is 37.0.